The first kappa shape index (κ1) is 18.4. The van der Waals surface area contributed by atoms with Crippen molar-refractivity contribution in [1.29, 1.82) is 0 Å². The van der Waals surface area contributed by atoms with Gasteiger partial charge in [0.15, 0.2) is 0 Å². The summed E-state index contributed by atoms with van der Waals surface area (Å²) in [5, 5.41) is 10.7. The van der Waals surface area contributed by atoms with E-state index in [4.69, 9.17) is 0 Å². The van der Waals surface area contributed by atoms with Crippen LogP contribution in [-0.4, -0.2) is 28.3 Å². The first-order chi connectivity index (χ1) is 11.0. The van der Waals surface area contributed by atoms with Crippen LogP contribution in [0.25, 0.3) is 5.69 Å². The highest BCUT2D eigenvalue weighted by Gasteiger charge is 2.25. The van der Waals surface area contributed by atoms with Crippen LogP contribution in [0.1, 0.15) is 25.5 Å². The molecule has 7 heteroatoms. The summed E-state index contributed by atoms with van der Waals surface area (Å²) >= 11 is 0. The fourth-order valence-electron chi connectivity index (χ4n) is 2.97. The average molecular weight is 353 g/mol. The zero-order valence-electron chi connectivity index (χ0n) is 13.8. The molecule has 1 fully saturated rings. The van der Waals surface area contributed by atoms with E-state index in [1.165, 1.54) is 12.1 Å². The average Bonchev–Trinajstić information content (AvgIpc) is 2.88. The topological polar surface area (TPSA) is 59.0 Å². The smallest absolute Gasteiger partial charge is 0.228 e. The molecule has 1 amide bonds. The number of benzene rings is 1. The maximum Gasteiger partial charge on any atom is 0.228 e. The Balaban J connectivity index is 0.00000208. The third kappa shape index (κ3) is 4.13. The molecule has 2 N–H and O–H groups in total. The molecule has 1 aromatic carbocycles. The number of hydrogen-bond donors (Lipinski definition) is 2. The summed E-state index contributed by atoms with van der Waals surface area (Å²) in [6, 6.07) is 8.22. The van der Waals surface area contributed by atoms with Crippen LogP contribution in [0.5, 0.6) is 0 Å². The number of carbonyl (C=O) groups excluding carboxylic acids is 1. The lowest BCUT2D eigenvalue weighted by Crippen LogP contribution is -2.40. The summed E-state index contributed by atoms with van der Waals surface area (Å²) in [7, 11) is 0. The minimum absolute atomic E-state index is 0. The Morgan fingerprint density at radius 1 is 1.38 bits per heavy atom. The number of anilines is 1. The van der Waals surface area contributed by atoms with Crippen LogP contribution in [-0.2, 0) is 4.79 Å². The monoisotopic (exact) mass is 352 g/mol. The van der Waals surface area contributed by atoms with Crippen LogP contribution >= 0.6 is 12.4 Å². The van der Waals surface area contributed by atoms with Crippen LogP contribution in [0.15, 0.2) is 30.3 Å². The van der Waals surface area contributed by atoms with Crippen LogP contribution in [0.3, 0.4) is 0 Å². The summed E-state index contributed by atoms with van der Waals surface area (Å²) in [5.74, 6) is 0.335. The summed E-state index contributed by atoms with van der Waals surface area (Å²) in [6.07, 6.45) is 1.66. The molecule has 1 saturated heterocycles. The molecule has 0 unspecified atom stereocenters. The van der Waals surface area contributed by atoms with E-state index in [0.717, 1.165) is 25.1 Å². The van der Waals surface area contributed by atoms with E-state index < -0.39 is 0 Å². The Morgan fingerprint density at radius 2 is 2.08 bits per heavy atom. The third-order valence-electron chi connectivity index (χ3n) is 4.15. The van der Waals surface area contributed by atoms with Crippen LogP contribution < -0.4 is 10.6 Å². The van der Waals surface area contributed by atoms with E-state index in [1.807, 2.05) is 13.0 Å². The van der Waals surface area contributed by atoms with Crippen molar-refractivity contribution in [1.82, 2.24) is 15.1 Å². The number of nitrogens with zero attached hydrogens (tertiary/aromatic N) is 2. The second-order valence-corrected chi connectivity index (χ2v) is 6.12. The fourth-order valence-corrected chi connectivity index (χ4v) is 2.97. The fraction of sp³-hybridized carbons (Fsp3) is 0.412. The number of aryl methyl sites for hydroxylation is 1. The second-order valence-electron chi connectivity index (χ2n) is 6.12. The maximum atomic E-state index is 13.1. The zero-order chi connectivity index (χ0) is 16.4. The lowest BCUT2D eigenvalue weighted by Gasteiger charge is -2.27. The standard InChI is InChI=1S/C17H21FN4O.ClH/c1-11-9-13(7-8-19-11)17(23)20-16-10-12(2)21-22(16)15-5-3-14(18)4-6-15;/h3-6,10-11,13,19H,7-9H2,1-2H3,(H,20,23);1H/t11-,13-;/m0./s1. The van der Waals surface area contributed by atoms with Crippen molar-refractivity contribution in [2.75, 3.05) is 11.9 Å². The lowest BCUT2D eigenvalue weighted by atomic mass is 9.92. The van der Waals surface area contributed by atoms with Gasteiger partial charge >= 0.3 is 0 Å². The van der Waals surface area contributed by atoms with Crippen molar-refractivity contribution >= 4 is 24.1 Å². The van der Waals surface area contributed by atoms with E-state index in [1.54, 1.807) is 16.8 Å². The highest BCUT2D eigenvalue weighted by molar-refractivity contribution is 5.92. The second kappa shape index (κ2) is 7.77. The van der Waals surface area contributed by atoms with Gasteiger partial charge in [0.2, 0.25) is 5.91 Å². The van der Waals surface area contributed by atoms with Gasteiger partial charge in [-0.3, -0.25) is 4.79 Å². The van der Waals surface area contributed by atoms with Gasteiger partial charge in [-0.1, -0.05) is 0 Å². The first-order valence-electron chi connectivity index (χ1n) is 7.90. The molecule has 5 nitrogen and oxygen atoms in total. The Kier molecular flexibility index (Phi) is 5.96. The van der Waals surface area contributed by atoms with Crippen molar-refractivity contribution in [2.24, 2.45) is 5.92 Å². The van der Waals surface area contributed by atoms with Gasteiger partial charge in [-0.25, -0.2) is 9.07 Å². The normalized spacial score (nSPS) is 20.3. The van der Waals surface area contributed by atoms with E-state index in [9.17, 15) is 9.18 Å². The molecule has 3 rings (SSSR count). The molecule has 2 heterocycles. The molecule has 0 saturated carbocycles. The van der Waals surface area contributed by atoms with Crippen molar-refractivity contribution < 1.29 is 9.18 Å². The largest absolute Gasteiger partial charge is 0.314 e. The van der Waals surface area contributed by atoms with Crippen molar-refractivity contribution in [3.63, 3.8) is 0 Å². The van der Waals surface area contributed by atoms with Crippen LogP contribution in [0.4, 0.5) is 10.2 Å². The predicted molar refractivity (Wildman–Crippen MR) is 94.3 cm³/mol. The van der Waals surface area contributed by atoms with Gasteiger partial charge in [-0.05, 0) is 57.5 Å². The number of aromatic nitrogens is 2. The molecule has 0 spiro atoms. The van der Waals surface area contributed by atoms with Crippen LogP contribution in [0, 0.1) is 18.7 Å². The molecule has 2 atom stereocenters. The number of nitrogens with one attached hydrogen (secondary N) is 2. The third-order valence-corrected chi connectivity index (χ3v) is 4.15. The summed E-state index contributed by atoms with van der Waals surface area (Å²) < 4.78 is 14.7. The molecular weight excluding hydrogens is 331 g/mol. The zero-order valence-corrected chi connectivity index (χ0v) is 14.6. The summed E-state index contributed by atoms with van der Waals surface area (Å²) in [4.78, 5) is 12.5. The quantitative estimate of drug-likeness (QED) is 0.892. The molecule has 0 radical (unpaired) electrons. The van der Waals surface area contributed by atoms with Gasteiger partial charge in [0.05, 0.1) is 11.4 Å². The summed E-state index contributed by atoms with van der Waals surface area (Å²) in [6.45, 7) is 4.81. The summed E-state index contributed by atoms with van der Waals surface area (Å²) in [5.41, 5.74) is 1.51. The number of rotatable bonds is 3. The van der Waals surface area contributed by atoms with Crippen LogP contribution in [0.2, 0.25) is 0 Å². The SMILES string of the molecule is Cc1cc(NC(=O)[C@H]2CCN[C@@H](C)C2)n(-c2ccc(F)cc2)n1.Cl. The van der Waals surface area contributed by atoms with Gasteiger partial charge in [0.1, 0.15) is 11.6 Å². The molecule has 1 aromatic heterocycles. The Hall–Kier alpha value is -1.92. The maximum absolute atomic E-state index is 13.1. The molecule has 0 bridgehead atoms. The molecule has 0 aliphatic carbocycles. The van der Waals surface area contributed by atoms with Gasteiger partial charge in [-0.2, -0.15) is 5.10 Å². The van der Waals surface area contributed by atoms with E-state index in [2.05, 4.69) is 22.7 Å². The van der Waals surface area contributed by atoms with Gasteiger partial charge in [0, 0.05) is 18.0 Å². The van der Waals surface area contributed by atoms with Crippen molar-refractivity contribution in [3.8, 4) is 5.69 Å². The van der Waals surface area contributed by atoms with Crippen molar-refractivity contribution in [2.45, 2.75) is 32.7 Å². The van der Waals surface area contributed by atoms with E-state index >= 15 is 0 Å². The minimum Gasteiger partial charge on any atom is -0.314 e. The van der Waals surface area contributed by atoms with Crippen molar-refractivity contribution in [3.05, 3.63) is 41.8 Å². The highest BCUT2D eigenvalue weighted by atomic mass is 35.5. The molecule has 130 valence electrons. The highest BCUT2D eigenvalue weighted by Crippen LogP contribution is 2.21. The lowest BCUT2D eigenvalue weighted by molar-refractivity contribution is -0.120. The molecule has 1 aliphatic rings. The molecule has 2 aromatic rings. The Bertz CT molecular complexity index is 701. The molecule has 24 heavy (non-hydrogen) atoms. The first-order valence-corrected chi connectivity index (χ1v) is 7.90. The van der Waals surface area contributed by atoms with E-state index in [0.29, 0.717) is 17.5 Å². The number of amides is 1. The van der Waals surface area contributed by atoms with E-state index in [-0.39, 0.29) is 30.0 Å². The van der Waals surface area contributed by atoms with Gasteiger partial charge < -0.3 is 10.6 Å². The number of piperidine rings is 1. The number of halogens is 2. The predicted octanol–water partition coefficient (Wildman–Crippen LogP) is 3.07. The number of carbonyl (C=O) groups is 1. The van der Waals surface area contributed by atoms with Gasteiger partial charge in [-0.15, -0.1) is 12.4 Å². The number of hydrogen-bond acceptors (Lipinski definition) is 3. The minimum atomic E-state index is -0.299. The Morgan fingerprint density at radius 3 is 2.75 bits per heavy atom. The molecule has 1 aliphatic heterocycles. The molecular formula is C17H22ClFN4O. The Labute approximate surface area is 147 Å². The van der Waals surface area contributed by atoms with Gasteiger partial charge in [0.25, 0.3) is 0 Å².